The topological polar surface area (TPSA) is 50.7 Å². The first-order valence-electron chi connectivity index (χ1n) is 4.20. The van der Waals surface area contributed by atoms with Crippen LogP contribution < -0.4 is 5.73 Å². The van der Waals surface area contributed by atoms with E-state index in [1.165, 1.54) is 0 Å². The lowest BCUT2D eigenvalue weighted by molar-refractivity contribution is 1.03. The van der Waals surface area contributed by atoms with Crippen molar-refractivity contribution in [3.63, 3.8) is 0 Å². The second-order valence-electron chi connectivity index (χ2n) is 3.06. The molecule has 2 N–H and O–H groups in total. The highest BCUT2D eigenvalue weighted by Gasteiger charge is 2.20. The minimum absolute atomic E-state index is 0.487. The van der Waals surface area contributed by atoms with E-state index in [9.17, 15) is 0 Å². The van der Waals surface area contributed by atoms with Gasteiger partial charge in [0, 0.05) is 10.0 Å². The number of halogens is 1. The Morgan fingerprint density at radius 1 is 1.29 bits per heavy atom. The molecule has 1 aromatic carbocycles. The lowest BCUT2D eigenvalue weighted by atomic mass is 10.0. The fraction of sp³-hybridized carbons (Fsp3) is 0.100. The van der Waals surface area contributed by atoms with Gasteiger partial charge in [0.05, 0.1) is 5.70 Å². The molecule has 0 saturated carbocycles. The van der Waals surface area contributed by atoms with Crippen molar-refractivity contribution in [3.05, 3.63) is 46.2 Å². The maximum Gasteiger partial charge on any atom is 0.202 e. The summed E-state index contributed by atoms with van der Waals surface area (Å²) in [5.41, 5.74) is 8.56. The van der Waals surface area contributed by atoms with Crippen LogP contribution in [0.25, 0.3) is 5.57 Å². The molecule has 14 heavy (non-hydrogen) atoms. The van der Waals surface area contributed by atoms with Crippen LogP contribution in [0.3, 0.4) is 0 Å². The van der Waals surface area contributed by atoms with Crippen LogP contribution in [0.15, 0.2) is 44.7 Å². The maximum absolute atomic E-state index is 5.73. The molecule has 1 aliphatic heterocycles. The Bertz CT molecular complexity index is 423. The predicted molar refractivity (Wildman–Crippen MR) is 59.0 cm³/mol. The van der Waals surface area contributed by atoms with Gasteiger partial charge in [0.25, 0.3) is 0 Å². The standard InChI is InChI=1S/C10H9BrN3/c1-6-9(10(12)14-13-6)7-3-2-4-8(11)5-7/h2-5H,12H2,1H3. The van der Waals surface area contributed by atoms with Crippen LogP contribution in [0, 0.1) is 6.17 Å². The number of hydrogen-bond acceptors (Lipinski definition) is 3. The number of allylic oxidation sites excluding steroid dienone is 1. The van der Waals surface area contributed by atoms with Gasteiger partial charge in [0.15, 0.2) is 0 Å². The molecular weight excluding hydrogens is 242 g/mol. The zero-order valence-electron chi connectivity index (χ0n) is 7.66. The first-order valence-corrected chi connectivity index (χ1v) is 4.99. The molecule has 0 fully saturated rings. The Morgan fingerprint density at radius 2 is 2.07 bits per heavy atom. The number of hydrogen-bond donors (Lipinski definition) is 1. The van der Waals surface area contributed by atoms with Crippen molar-refractivity contribution < 1.29 is 0 Å². The second kappa shape index (κ2) is 3.63. The van der Waals surface area contributed by atoms with Gasteiger partial charge in [-0.05, 0) is 24.6 Å². The molecule has 3 nitrogen and oxygen atoms in total. The van der Waals surface area contributed by atoms with E-state index in [1.807, 2.05) is 31.2 Å². The summed E-state index contributed by atoms with van der Waals surface area (Å²) in [6, 6.07) is 7.93. The molecule has 4 heteroatoms. The van der Waals surface area contributed by atoms with Crippen molar-refractivity contribution in [2.24, 2.45) is 16.0 Å². The van der Waals surface area contributed by atoms with E-state index in [0.717, 1.165) is 21.3 Å². The van der Waals surface area contributed by atoms with Crippen LogP contribution in [-0.4, -0.2) is 0 Å². The highest BCUT2D eigenvalue weighted by atomic mass is 79.9. The highest BCUT2D eigenvalue weighted by Crippen LogP contribution is 2.33. The van der Waals surface area contributed by atoms with Crippen molar-refractivity contribution >= 4 is 21.5 Å². The number of benzene rings is 1. The average Bonchev–Trinajstić information content (AvgIpc) is 2.46. The molecule has 1 aliphatic rings. The summed E-state index contributed by atoms with van der Waals surface area (Å²) in [7, 11) is 0. The normalized spacial score (nSPS) is 16.8. The Labute approximate surface area is 90.8 Å². The Hall–Kier alpha value is -1.00. The van der Waals surface area contributed by atoms with E-state index in [0.29, 0.717) is 6.17 Å². The maximum atomic E-state index is 5.73. The molecule has 0 saturated heterocycles. The van der Waals surface area contributed by atoms with Gasteiger partial charge in [-0.25, -0.2) is 0 Å². The first kappa shape index (κ1) is 9.55. The van der Waals surface area contributed by atoms with Gasteiger partial charge in [-0.3, -0.25) is 5.73 Å². The van der Waals surface area contributed by atoms with Gasteiger partial charge < -0.3 is 0 Å². The zero-order chi connectivity index (χ0) is 10.1. The van der Waals surface area contributed by atoms with E-state index in [-0.39, 0.29) is 0 Å². The third-order valence-electron chi connectivity index (χ3n) is 2.04. The summed E-state index contributed by atoms with van der Waals surface area (Å²) in [5.74, 6) is 0. The number of nitrogens with two attached hydrogens (primary N) is 1. The monoisotopic (exact) mass is 250 g/mol. The van der Waals surface area contributed by atoms with Crippen LogP contribution in [0.1, 0.15) is 12.5 Å². The highest BCUT2D eigenvalue weighted by molar-refractivity contribution is 9.10. The summed E-state index contributed by atoms with van der Waals surface area (Å²) >= 11 is 3.42. The second-order valence-corrected chi connectivity index (χ2v) is 3.97. The lowest BCUT2D eigenvalue weighted by Crippen LogP contribution is -2.06. The lowest BCUT2D eigenvalue weighted by Gasteiger charge is -2.06. The molecule has 0 atom stereocenters. The molecule has 0 aliphatic carbocycles. The number of nitrogens with zero attached hydrogens (tertiary/aromatic N) is 2. The number of rotatable bonds is 1. The summed E-state index contributed by atoms with van der Waals surface area (Å²) < 4.78 is 1.02. The molecule has 0 unspecified atom stereocenters. The summed E-state index contributed by atoms with van der Waals surface area (Å²) in [4.78, 5) is 0. The third-order valence-corrected chi connectivity index (χ3v) is 2.53. The largest absolute Gasteiger partial charge is 0.298 e. The van der Waals surface area contributed by atoms with E-state index in [4.69, 9.17) is 5.73 Å². The van der Waals surface area contributed by atoms with Crippen LogP contribution in [0.2, 0.25) is 0 Å². The van der Waals surface area contributed by atoms with Crippen LogP contribution in [0.4, 0.5) is 0 Å². The van der Waals surface area contributed by atoms with Crippen LogP contribution in [-0.2, 0) is 0 Å². The molecule has 0 spiro atoms. The fourth-order valence-electron chi connectivity index (χ4n) is 1.41. The SMILES string of the molecule is CC1=C(c2cccc(Br)c2)[C](N)N=N1. The first-order chi connectivity index (χ1) is 6.68. The van der Waals surface area contributed by atoms with Crippen molar-refractivity contribution in [2.45, 2.75) is 6.92 Å². The van der Waals surface area contributed by atoms with E-state index in [1.54, 1.807) is 0 Å². The van der Waals surface area contributed by atoms with Crippen molar-refractivity contribution in [1.29, 1.82) is 0 Å². The van der Waals surface area contributed by atoms with Crippen LogP contribution >= 0.6 is 15.9 Å². The van der Waals surface area contributed by atoms with Crippen molar-refractivity contribution in [3.8, 4) is 0 Å². The molecule has 2 rings (SSSR count). The molecule has 0 bridgehead atoms. The molecular formula is C10H9BrN3. The Morgan fingerprint density at radius 3 is 2.64 bits per heavy atom. The van der Waals surface area contributed by atoms with Crippen molar-refractivity contribution in [2.75, 3.05) is 0 Å². The fourth-order valence-corrected chi connectivity index (χ4v) is 1.81. The molecule has 71 valence electrons. The Kier molecular flexibility index (Phi) is 2.48. The van der Waals surface area contributed by atoms with Crippen molar-refractivity contribution in [1.82, 2.24) is 0 Å². The van der Waals surface area contributed by atoms with Gasteiger partial charge in [-0.1, -0.05) is 28.1 Å². The van der Waals surface area contributed by atoms with Gasteiger partial charge in [0.2, 0.25) is 6.17 Å². The quantitative estimate of drug-likeness (QED) is 0.819. The summed E-state index contributed by atoms with van der Waals surface area (Å²) in [5, 5.41) is 7.77. The van der Waals surface area contributed by atoms with Gasteiger partial charge in [0.1, 0.15) is 0 Å². The smallest absolute Gasteiger partial charge is 0.202 e. The van der Waals surface area contributed by atoms with Crippen LogP contribution in [0.5, 0.6) is 0 Å². The average molecular weight is 251 g/mol. The van der Waals surface area contributed by atoms with E-state index in [2.05, 4.69) is 26.2 Å². The number of azo groups is 1. The van der Waals surface area contributed by atoms with E-state index < -0.39 is 0 Å². The third kappa shape index (κ3) is 1.63. The molecule has 1 aromatic rings. The molecule has 0 amide bonds. The molecule has 1 radical (unpaired) electrons. The molecule has 1 heterocycles. The minimum atomic E-state index is 0.487. The van der Waals surface area contributed by atoms with E-state index >= 15 is 0 Å². The minimum Gasteiger partial charge on any atom is -0.298 e. The molecule has 0 aromatic heterocycles. The van der Waals surface area contributed by atoms with Gasteiger partial charge in [-0.15, -0.1) is 0 Å². The summed E-state index contributed by atoms with van der Waals surface area (Å²) in [6.07, 6.45) is 0.487. The van der Waals surface area contributed by atoms with Gasteiger partial charge >= 0.3 is 0 Å². The van der Waals surface area contributed by atoms with Gasteiger partial charge in [-0.2, -0.15) is 10.2 Å². The Balaban J connectivity index is 2.46. The summed E-state index contributed by atoms with van der Waals surface area (Å²) in [6.45, 7) is 1.90. The zero-order valence-corrected chi connectivity index (χ0v) is 9.25. The predicted octanol–water partition coefficient (Wildman–Crippen LogP) is 3.09.